The Bertz CT molecular complexity index is 1720. The zero-order chi connectivity index (χ0) is 29.9. The Morgan fingerprint density at radius 1 is 1.02 bits per heavy atom. The molecular weight excluding hydrogens is 549 g/mol. The highest BCUT2D eigenvalue weighted by Crippen LogP contribution is 2.40. The Balaban J connectivity index is 1.40. The highest BCUT2D eigenvalue weighted by molar-refractivity contribution is 6.42. The first-order valence-corrected chi connectivity index (χ1v) is 13.2. The van der Waals surface area contributed by atoms with Gasteiger partial charge in [0.25, 0.3) is 0 Å². The molecule has 214 valence electrons. The van der Waals surface area contributed by atoms with Crippen LogP contribution in [0.25, 0.3) is 16.7 Å². The van der Waals surface area contributed by atoms with E-state index in [0.717, 1.165) is 18.6 Å². The van der Waals surface area contributed by atoms with Gasteiger partial charge < -0.3 is 4.42 Å². The number of benzene rings is 2. The van der Waals surface area contributed by atoms with Crippen LogP contribution in [0.5, 0.6) is 0 Å². The van der Waals surface area contributed by atoms with E-state index in [1.165, 1.54) is 30.7 Å². The van der Waals surface area contributed by atoms with Crippen molar-refractivity contribution < 1.29 is 26.4 Å². The molecule has 0 saturated carbocycles. The number of rotatable bonds is 7. The van der Waals surface area contributed by atoms with Gasteiger partial charge in [0.1, 0.15) is 11.5 Å². The van der Waals surface area contributed by atoms with Crippen LogP contribution in [0.3, 0.4) is 0 Å². The molecule has 4 nitrogen and oxygen atoms in total. The van der Waals surface area contributed by atoms with Gasteiger partial charge in [0.15, 0.2) is 17.5 Å². The monoisotopic (exact) mass is 575 g/mol. The smallest absolute Gasteiger partial charge is 0.417 e. The van der Waals surface area contributed by atoms with E-state index in [-0.39, 0.29) is 22.9 Å². The van der Waals surface area contributed by atoms with Crippen molar-refractivity contribution in [3.8, 4) is 11.1 Å². The van der Waals surface area contributed by atoms with Crippen molar-refractivity contribution in [3.05, 3.63) is 125 Å². The van der Waals surface area contributed by atoms with Crippen LogP contribution in [-0.4, -0.2) is 24.8 Å². The van der Waals surface area contributed by atoms with Gasteiger partial charge in [-0.1, -0.05) is 61.6 Å². The van der Waals surface area contributed by atoms with Crippen molar-refractivity contribution in [2.24, 2.45) is 20.9 Å². The number of nitrogens with zero attached hydrogens (tertiary/aromatic N) is 3. The molecule has 2 aromatic carbocycles. The SMILES string of the molecule is CN=CC1=NC(c2cccc(F)c2F)=N/C1=C/C(C)Cc1cc(-c2ccc(C3=CC=CCC=C3)cc2C(F)(F)F)co1. The first kappa shape index (κ1) is 28.9. The Hall–Kier alpha value is -4.66. The Labute approximate surface area is 239 Å². The lowest BCUT2D eigenvalue weighted by molar-refractivity contribution is -0.137. The van der Waals surface area contributed by atoms with Crippen LogP contribution >= 0.6 is 0 Å². The van der Waals surface area contributed by atoms with Crippen molar-refractivity contribution in [3.63, 3.8) is 0 Å². The second kappa shape index (κ2) is 12.1. The fraction of sp³-hybridized carbons (Fsp3) is 0.182. The van der Waals surface area contributed by atoms with Gasteiger partial charge in [-0.2, -0.15) is 13.2 Å². The highest BCUT2D eigenvalue weighted by Gasteiger charge is 2.34. The average Bonchev–Trinajstić information content (AvgIpc) is 3.46. The predicted octanol–water partition coefficient (Wildman–Crippen LogP) is 8.81. The molecule has 1 aliphatic heterocycles. The van der Waals surface area contributed by atoms with E-state index in [4.69, 9.17) is 4.42 Å². The third-order valence-electron chi connectivity index (χ3n) is 6.73. The van der Waals surface area contributed by atoms with Crippen LogP contribution in [0.2, 0.25) is 0 Å². The quantitative estimate of drug-likeness (QED) is 0.205. The highest BCUT2D eigenvalue weighted by atomic mass is 19.4. The van der Waals surface area contributed by atoms with Crippen LogP contribution in [-0.2, 0) is 12.6 Å². The second-order valence-electron chi connectivity index (χ2n) is 9.90. The molecule has 0 radical (unpaired) electrons. The van der Waals surface area contributed by atoms with E-state index in [1.807, 2.05) is 31.2 Å². The molecule has 1 atom stereocenters. The zero-order valence-electron chi connectivity index (χ0n) is 22.8. The topological polar surface area (TPSA) is 50.2 Å². The maximum atomic E-state index is 14.4. The normalized spacial score (nSPS) is 17.0. The van der Waals surface area contributed by atoms with Gasteiger partial charge in [-0.15, -0.1) is 0 Å². The summed E-state index contributed by atoms with van der Waals surface area (Å²) in [5, 5.41) is 0. The minimum absolute atomic E-state index is 0.0230. The van der Waals surface area contributed by atoms with Crippen molar-refractivity contribution in [2.75, 3.05) is 7.05 Å². The third-order valence-corrected chi connectivity index (χ3v) is 6.73. The van der Waals surface area contributed by atoms with Gasteiger partial charge >= 0.3 is 6.18 Å². The number of amidine groups is 1. The molecule has 0 spiro atoms. The molecule has 5 rings (SSSR count). The minimum atomic E-state index is -4.57. The summed E-state index contributed by atoms with van der Waals surface area (Å²) in [5.74, 6) is -1.74. The number of hydrogen-bond donors (Lipinski definition) is 0. The standard InChI is InChI=1S/C33H26F5N3O/c1-20(15-29-30(18-39-2)41-32(40-29)26-10-7-11-28(34)31(26)35)14-24-16-23(19-42-24)25-13-12-22(17-27(25)33(36,37)38)21-8-5-3-4-6-9-21/h3,5-13,15-20H,4,14H2,1-2H3/b29-15+,39-18?. The van der Waals surface area contributed by atoms with E-state index in [1.54, 1.807) is 31.3 Å². The molecular formula is C33H26F5N3O. The summed E-state index contributed by atoms with van der Waals surface area (Å²) in [4.78, 5) is 12.7. The molecule has 9 heteroatoms. The van der Waals surface area contributed by atoms with Gasteiger partial charge in [0.2, 0.25) is 0 Å². The Morgan fingerprint density at radius 3 is 2.64 bits per heavy atom. The van der Waals surface area contributed by atoms with Crippen LogP contribution in [0.15, 0.2) is 110 Å². The number of alkyl halides is 3. The zero-order valence-corrected chi connectivity index (χ0v) is 22.8. The van der Waals surface area contributed by atoms with Gasteiger partial charge in [-0.3, -0.25) is 4.99 Å². The van der Waals surface area contributed by atoms with E-state index in [0.29, 0.717) is 40.3 Å². The number of furan rings is 1. The van der Waals surface area contributed by atoms with E-state index < -0.39 is 23.4 Å². The number of hydrogen-bond acceptors (Lipinski definition) is 4. The summed E-state index contributed by atoms with van der Waals surface area (Å²) in [6.07, 6.45) is 10.3. The molecule has 3 aromatic rings. The molecule has 2 heterocycles. The molecule has 2 aliphatic rings. The minimum Gasteiger partial charge on any atom is -0.469 e. The van der Waals surface area contributed by atoms with Gasteiger partial charge in [0, 0.05) is 25.2 Å². The molecule has 1 aliphatic carbocycles. The molecule has 0 amide bonds. The molecule has 1 aromatic heterocycles. The fourth-order valence-corrected chi connectivity index (χ4v) is 4.76. The summed E-state index contributed by atoms with van der Waals surface area (Å²) in [7, 11) is 1.55. The van der Waals surface area contributed by atoms with Crippen LogP contribution in [0.1, 0.15) is 35.8 Å². The Morgan fingerprint density at radius 2 is 1.86 bits per heavy atom. The summed E-state index contributed by atoms with van der Waals surface area (Å²) in [6, 6.07) is 9.68. The van der Waals surface area contributed by atoms with E-state index in [2.05, 4.69) is 15.0 Å². The van der Waals surface area contributed by atoms with E-state index >= 15 is 0 Å². The molecule has 0 saturated heterocycles. The maximum Gasteiger partial charge on any atom is 0.417 e. The van der Waals surface area contributed by atoms with Crippen molar-refractivity contribution in [2.45, 2.75) is 25.9 Å². The lowest BCUT2D eigenvalue weighted by Gasteiger charge is -2.14. The number of halogens is 5. The Kier molecular flexibility index (Phi) is 8.29. The van der Waals surface area contributed by atoms with Crippen molar-refractivity contribution in [1.29, 1.82) is 0 Å². The second-order valence-corrected chi connectivity index (χ2v) is 9.90. The predicted molar refractivity (Wildman–Crippen MR) is 156 cm³/mol. The molecule has 0 N–H and O–H groups in total. The third kappa shape index (κ3) is 6.30. The molecule has 1 unspecified atom stereocenters. The van der Waals surface area contributed by atoms with Gasteiger partial charge in [-0.05, 0) is 53.3 Å². The lowest BCUT2D eigenvalue weighted by Crippen LogP contribution is -2.07. The van der Waals surface area contributed by atoms with Crippen LogP contribution in [0.4, 0.5) is 22.0 Å². The summed E-state index contributed by atoms with van der Waals surface area (Å²) in [6.45, 7) is 1.88. The van der Waals surface area contributed by atoms with Crippen molar-refractivity contribution in [1.82, 2.24) is 0 Å². The fourth-order valence-electron chi connectivity index (χ4n) is 4.76. The number of aliphatic imine (C=N–C) groups is 3. The first-order valence-electron chi connectivity index (χ1n) is 13.2. The number of allylic oxidation sites excluding steroid dienone is 8. The van der Waals surface area contributed by atoms with Crippen molar-refractivity contribution >= 4 is 23.3 Å². The molecule has 0 bridgehead atoms. The summed E-state index contributed by atoms with van der Waals surface area (Å²) in [5.41, 5.74) is 1.50. The van der Waals surface area contributed by atoms with Crippen LogP contribution in [0, 0.1) is 17.6 Å². The maximum absolute atomic E-state index is 14.4. The van der Waals surface area contributed by atoms with Gasteiger partial charge in [-0.25, -0.2) is 18.8 Å². The summed E-state index contributed by atoms with van der Waals surface area (Å²) >= 11 is 0. The molecule has 0 fully saturated rings. The molecule has 42 heavy (non-hydrogen) atoms. The first-order chi connectivity index (χ1) is 20.1. The van der Waals surface area contributed by atoms with Crippen LogP contribution < -0.4 is 0 Å². The lowest BCUT2D eigenvalue weighted by atomic mass is 9.95. The largest absolute Gasteiger partial charge is 0.469 e. The van der Waals surface area contributed by atoms with Gasteiger partial charge in [0.05, 0.1) is 23.1 Å². The summed E-state index contributed by atoms with van der Waals surface area (Å²) < 4.78 is 76.2. The average molecular weight is 576 g/mol. The van der Waals surface area contributed by atoms with E-state index in [9.17, 15) is 22.0 Å².